The molecule has 0 saturated carbocycles. The number of carbonyl (C=O) groups is 1. The van der Waals surface area contributed by atoms with Gasteiger partial charge in [0.2, 0.25) is 0 Å². The van der Waals surface area contributed by atoms with Gasteiger partial charge in [-0.05, 0) is 31.2 Å². The summed E-state index contributed by atoms with van der Waals surface area (Å²) in [7, 11) is 1.86. The number of halogens is 2. The van der Waals surface area contributed by atoms with Gasteiger partial charge in [-0.15, -0.1) is 10.2 Å². The van der Waals surface area contributed by atoms with Crippen molar-refractivity contribution >= 4 is 51.4 Å². The van der Waals surface area contributed by atoms with Crippen molar-refractivity contribution in [2.75, 3.05) is 5.75 Å². The summed E-state index contributed by atoms with van der Waals surface area (Å²) in [6, 6.07) is 17.4. The summed E-state index contributed by atoms with van der Waals surface area (Å²) < 4.78 is 4.44. The average molecular weight is 545 g/mol. The maximum absolute atomic E-state index is 12.3. The molecule has 4 aromatic rings. The Bertz CT molecular complexity index is 1320. The molecule has 0 aliphatic carbocycles. The van der Waals surface area contributed by atoms with Gasteiger partial charge >= 0.3 is 0 Å². The van der Waals surface area contributed by atoms with E-state index in [1.807, 2.05) is 73.1 Å². The molecule has 4 rings (SSSR count). The third-order valence-electron chi connectivity index (χ3n) is 4.68. The summed E-state index contributed by atoms with van der Waals surface area (Å²) in [4.78, 5) is 12.3. The number of hydrazone groups is 1. The predicted molar refractivity (Wildman–Crippen MR) is 134 cm³/mol. The second-order valence-corrected chi connectivity index (χ2v) is 9.21. The lowest BCUT2D eigenvalue weighted by atomic mass is 10.2. The number of benzene rings is 2. The van der Waals surface area contributed by atoms with E-state index in [1.165, 1.54) is 18.0 Å². The van der Waals surface area contributed by atoms with Crippen molar-refractivity contribution in [3.63, 3.8) is 0 Å². The number of hydrogen-bond donors (Lipinski definition) is 1. The molecule has 0 bridgehead atoms. The fraction of sp³-hybridized carbons (Fsp3) is 0.136. The van der Waals surface area contributed by atoms with Crippen LogP contribution in [-0.2, 0) is 11.8 Å². The van der Waals surface area contributed by atoms with Gasteiger partial charge in [-0.1, -0.05) is 69.6 Å². The Morgan fingerprint density at radius 2 is 2.00 bits per heavy atom. The normalized spacial score (nSPS) is 11.3. The molecule has 2 heterocycles. The van der Waals surface area contributed by atoms with Crippen LogP contribution in [0.4, 0.5) is 0 Å². The van der Waals surface area contributed by atoms with E-state index in [0.29, 0.717) is 21.6 Å². The molecule has 0 atom stereocenters. The largest absolute Gasteiger partial charge is 0.305 e. The SMILES string of the molecule is Cc1nn(-c2ccccc2)c(Cl)c1/C=N/NC(=O)CSc1nnc(-c2cccc(Br)c2)n1C. The molecule has 0 radical (unpaired) electrons. The standard InChI is InChI=1S/C22H19BrClN7OS/c1-14-18(20(24)31(29-14)17-9-4-3-5-10-17)12-25-26-19(32)13-33-22-28-27-21(30(22)2)15-7-6-8-16(23)11-15/h3-12H,13H2,1-2H3,(H,26,32)/b25-12+. The highest BCUT2D eigenvalue weighted by molar-refractivity contribution is 9.10. The first-order valence-electron chi connectivity index (χ1n) is 9.84. The van der Waals surface area contributed by atoms with E-state index in [1.54, 1.807) is 4.68 Å². The van der Waals surface area contributed by atoms with Crippen LogP contribution in [0.2, 0.25) is 5.15 Å². The van der Waals surface area contributed by atoms with Crippen LogP contribution in [0, 0.1) is 6.92 Å². The Morgan fingerprint density at radius 1 is 1.21 bits per heavy atom. The van der Waals surface area contributed by atoms with E-state index < -0.39 is 0 Å². The Kier molecular flexibility index (Phi) is 7.26. The number of amides is 1. The number of thioether (sulfide) groups is 1. The number of rotatable bonds is 7. The van der Waals surface area contributed by atoms with Crippen LogP contribution in [0.3, 0.4) is 0 Å². The zero-order valence-corrected chi connectivity index (χ0v) is 20.9. The number of nitrogens with zero attached hydrogens (tertiary/aromatic N) is 6. The summed E-state index contributed by atoms with van der Waals surface area (Å²) in [5, 5.41) is 18.0. The topological polar surface area (TPSA) is 90.0 Å². The second kappa shape index (κ2) is 10.3. The Balaban J connectivity index is 1.37. The van der Waals surface area contributed by atoms with Crippen molar-refractivity contribution < 1.29 is 4.79 Å². The summed E-state index contributed by atoms with van der Waals surface area (Å²) in [6.07, 6.45) is 1.50. The third kappa shape index (κ3) is 5.35. The molecule has 1 amide bonds. The highest BCUT2D eigenvalue weighted by Crippen LogP contribution is 2.25. The molecular weight excluding hydrogens is 526 g/mol. The van der Waals surface area contributed by atoms with Gasteiger partial charge in [0.25, 0.3) is 5.91 Å². The molecule has 0 unspecified atom stereocenters. The first kappa shape index (κ1) is 23.2. The minimum Gasteiger partial charge on any atom is -0.305 e. The minimum absolute atomic E-state index is 0.137. The van der Waals surface area contributed by atoms with Gasteiger partial charge in [-0.25, -0.2) is 10.1 Å². The van der Waals surface area contributed by atoms with Gasteiger partial charge in [-0.3, -0.25) is 4.79 Å². The lowest BCUT2D eigenvalue weighted by Gasteiger charge is -2.04. The molecule has 1 N–H and O–H groups in total. The Hall–Kier alpha value is -2.95. The predicted octanol–water partition coefficient (Wildman–Crippen LogP) is 4.63. The molecule has 0 aliphatic heterocycles. The van der Waals surface area contributed by atoms with Gasteiger partial charge in [0, 0.05) is 17.1 Å². The molecule has 0 fully saturated rings. The van der Waals surface area contributed by atoms with Crippen molar-refractivity contribution in [1.82, 2.24) is 30.0 Å². The fourth-order valence-electron chi connectivity index (χ4n) is 3.05. The van der Waals surface area contributed by atoms with Crippen LogP contribution >= 0.6 is 39.3 Å². The van der Waals surface area contributed by atoms with E-state index in [-0.39, 0.29) is 11.7 Å². The van der Waals surface area contributed by atoms with E-state index in [0.717, 1.165) is 21.5 Å². The molecule has 2 aromatic heterocycles. The summed E-state index contributed by atoms with van der Waals surface area (Å²) in [5.41, 5.74) is 5.64. The number of aromatic nitrogens is 5. The number of aryl methyl sites for hydroxylation is 1. The van der Waals surface area contributed by atoms with E-state index in [9.17, 15) is 4.79 Å². The fourth-order valence-corrected chi connectivity index (χ4v) is 4.47. The second-order valence-electron chi connectivity index (χ2n) is 6.99. The van der Waals surface area contributed by atoms with Gasteiger partial charge in [0.15, 0.2) is 11.0 Å². The molecule has 8 nitrogen and oxygen atoms in total. The lowest BCUT2D eigenvalue weighted by Crippen LogP contribution is -2.20. The molecular formula is C22H19BrClN7OS. The van der Waals surface area contributed by atoms with Crippen molar-refractivity contribution in [1.29, 1.82) is 0 Å². The summed E-state index contributed by atoms with van der Waals surface area (Å²) in [5.74, 6) is 0.586. The summed E-state index contributed by atoms with van der Waals surface area (Å²) >= 11 is 11.2. The maximum atomic E-state index is 12.3. The number of carbonyl (C=O) groups excluding carboxylic acids is 1. The number of hydrogen-bond acceptors (Lipinski definition) is 6. The zero-order valence-electron chi connectivity index (χ0n) is 17.7. The first-order valence-corrected chi connectivity index (χ1v) is 12.0. The zero-order chi connectivity index (χ0) is 23.4. The molecule has 33 heavy (non-hydrogen) atoms. The van der Waals surface area contributed by atoms with Crippen molar-refractivity contribution in [2.45, 2.75) is 12.1 Å². The number of nitrogens with one attached hydrogen (secondary N) is 1. The Morgan fingerprint density at radius 3 is 2.76 bits per heavy atom. The first-order chi connectivity index (χ1) is 15.9. The highest BCUT2D eigenvalue weighted by Gasteiger charge is 2.14. The maximum Gasteiger partial charge on any atom is 0.250 e. The smallest absolute Gasteiger partial charge is 0.250 e. The molecule has 0 aliphatic rings. The van der Waals surface area contributed by atoms with E-state index in [2.05, 4.69) is 41.8 Å². The molecule has 0 spiro atoms. The molecule has 168 valence electrons. The van der Waals surface area contributed by atoms with Crippen LogP contribution < -0.4 is 5.43 Å². The Labute approximate surface area is 208 Å². The van der Waals surface area contributed by atoms with Gasteiger partial charge < -0.3 is 4.57 Å². The quantitative estimate of drug-likeness (QED) is 0.208. The average Bonchev–Trinajstić information content (AvgIpc) is 3.32. The van der Waals surface area contributed by atoms with Gasteiger partial charge in [0.1, 0.15) is 5.15 Å². The molecule has 2 aromatic carbocycles. The van der Waals surface area contributed by atoms with Crippen LogP contribution in [-0.4, -0.2) is 42.4 Å². The number of para-hydroxylation sites is 1. The summed E-state index contributed by atoms with van der Waals surface area (Å²) in [6.45, 7) is 1.83. The van der Waals surface area contributed by atoms with E-state index in [4.69, 9.17) is 11.6 Å². The third-order valence-corrected chi connectivity index (χ3v) is 6.56. The van der Waals surface area contributed by atoms with Crippen molar-refractivity contribution in [3.05, 3.63) is 75.5 Å². The van der Waals surface area contributed by atoms with Crippen LogP contribution in [0.15, 0.2) is 69.3 Å². The minimum atomic E-state index is -0.271. The van der Waals surface area contributed by atoms with Gasteiger partial charge in [0.05, 0.1) is 28.9 Å². The van der Waals surface area contributed by atoms with Crippen LogP contribution in [0.25, 0.3) is 17.1 Å². The van der Waals surface area contributed by atoms with Crippen LogP contribution in [0.5, 0.6) is 0 Å². The van der Waals surface area contributed by atoms with Gasteiger partial charge in [-0.2, -0.15) is 10.2 Å². The van der Waals surface area contributed by atoms with Crippen molar-refractivity contribution in [2.24, 2.45) is 12.1 Å². The van der Waals surface area contributed by atoms with E-state index >= 15 is 0 Å². The van der Waals surface area contributed by atoms with Crippen molar-refractivity contribution in [3.8, 4) is 17.1 Å². The monoisotopic (exact) mass is 543 g/mol. The highest BCUT2D eigenvalue weighted by atomic mass is 79.9. The lowest BCUT2D eigenvalue weighted by molar-refractivity contribution is -0.118. The molecule has 0 saturated heterocycles. The molecule has 11 heteroatoms. The van der Waals surface area contributed by atoms with Crippen LogP contribution in [0.1, 0.15) is 11.3 Å².